The van der Waals surface area contributed by atoms with Crippen LogP contribution in [0.2, 0.25) is 0 Å². The van der Waals surface area contributed by atoms with Crippen LogP contribution in [0, 0.1) is 0 Å². The van der Waals surface area contributed by atoms with Crippen LogP contribution in [0.1, 0.15) is 25.0 Å². The molecular weight excluding hydrogens is 677 g/mol. The van der Waals surface area contributed by atoms with Gasteiger partial charge in [-0.15, -0.1) is 0 Å². The van der Waals surface area contributed by atoms with Crippen LogP contribution in [0.5, 0.6) is 0 Å². The molecule has 10 aromatic carbocycles. The largest absolute Gasteiger partial charge is 0.456 e. The molecule has 1 heterocycles. The van der Waals surface area contributed by atoms with Gasteiger partial charge in [-0.3, -0.25) is 0 Å². The van der Waals surface area contributed by atoms with Gasteiger partial charge >= 0.3 is 0 Å². The number of para-hydroxylation sites is 1. The van der Waals surface area contributed by atoms with Gasteiger partial charge in [-0.2, -0.15) is 0 Å². The second kappa shape index (κ2) is 11.5. The zero-order valence-corrected chi connectivity index (χ0v) is 31.2. The SMILES string of the molecule is CC1(C)c2ccc(-c3ccc(-c4c5ccccc5c(-c5ccc6ccccc6c5)c5ccccc45)cc3)cc2-c2cc3ccc4oc5ccccc5c4c3cc21. The first-order valence-electron chi connectivity index (χ1n) is 19.6. The minimum atomic E-state index is -0.121. The summed E-state index contributed by atoms with van der Waals surface area (Å²) in [4.78, 5) is 0. The Kier molecular flexibility index (Phi) is 6.46. The van der Waals surface area contributed by atoms with E-state index in [1.54, 1.807) is 0 Å². The smallest absolute Gasteiger partial charge is 0.136 e. The zero-order chi connectivity index (χ0) is 37.1. The van der Waals surface area contributed by atoms with E-state index in [1.807, 2.05) is 6.07 Å². The monoisotopic (exact) mass is 712 g/mol. The minimum absolute atomic E-state index is 0.121. The summed E-state index contributed by atoms with van der Waals surface area (Å²) in [6, 6.07) is 67.3. The molecule has 1 nitrogen and oxygen atoms in total. The van der Waals surface area contributed by atoms with Crippen molar-refractivity contribution in [3.63, 3.8) is 0 Å². The zero-order valence-electron chi connectivity index (χ0n) is 31.2. The molecule has 0 spiro atoms. The normalized spacial score (nSPS) is 13.3. The van der Waals surface area contributed by atoms with Crippen molar-refractivity contribution in [2.24, 2.45) is 0 Å². The molecule has 0 saturated carbocycles. The fourth-order valence-corrected chi connectivity index (χ4v) is 9.90. The first kappa shape index (κ1) is 31.4. The standard InChI is InChI=1S/C55H36O/c1-55(2)48-27-25-37(30-46(48)47-31-38-26-28-51-54(45(38)32-49(47)55)44-17-9-10-18-50(44)56-51)34-19-22-35(23-20-34)52-40-13-5-7-15-42(40)53(43-16-8-6-14-41(43)52)39-24-21-33-11-3-4-12-36(33)29-39/h3-32H,1-2H3. The molecule has 0 radical (unpaired) electrons. The molecule has 11 aromatic rings. The molecule has 262 valence electrons. The van der Waals surface area contributed by atoms with E-state index in [-0.39, 0.29) is 5.41 Å². The van der Waals surface area contributed by atoms with E-state index in [1.165, 1.54) is 109 Å². The predicted octanol–water partition coefficient (Wildman–Crippen LogP) is 15.5. The van der Waals surface area contributed by atoms with Crippen LogP contribution >= 0.6 is 0 Å². The van der Waals surface area contributed by atoms with Gasteiger partial charge in [-0.1, -0.05) is 159 Å². The van der Waals surface area contributed by atoms with Crippen LogP contribution in [-0.4, -0.2) is 0 Å². The summed E-state index contributed by atoms with van der Waals surface area (Å²) < 4.78 is 6.27. The van der Waals surface area contributed by atoms with Gasteiger partial charge in [0.2, 0.25) is 0 Å². The summed E-state index contributed by atoms with van der Waals surface area (Å²) in [5, 5.41) is 12.5. The third-order valence-corrected chi connectivity index (χ3v) is 12.6. The summed E-state index contributed by atoms with van der Waals surface area (Å²) in [7, 11) is 0. The molecule has 1 heteroatoms. The van der Waals surface area contributed by atoms with Crippen molar-refractivity contribution in [2.45, 2.75) is 19.3 Å². The van der Waals surface area contributed by atoms with Crippen molar-refractivity contribution in [3.8, 4) is 44.5 Å². The molecule has 12 rings (SSSR count). The Morgan fingerprint density at radius 2 is 0.893 bits per heavy atom. The van der Waals surface area contributed by atoms with Crippen LogP contribution in [0.4, 0.5) is 0 Å². The van der Waals surface area contributed by atoms with Gasteiger partial charge < -0.3 is 4.42 Å². The highest BCUT2D eigenvalue weighted by molar-refractivity contribution is 6.22. The summed E-state index contributed by atoms with van der Waals surface area (Å²) in [6.07, 6.45) is 0. The molecule has 0 amide bonds. The maximum absolute atomic E-state index is 6.27. The summed E-state index contributed by atoms with van der Waals surface area (Å²) >= 11 is 0. The molecule has 0 unspecified atom stereocenters. The Morgan fingerprint density at radius 1 is 0.339 bits per heavy atom. The maximum Gasteiger partial charge on any atom is 0.136 e. The van der Waals surface area contributed by atoms with Gasteiger partial charge in [0.15, 0.2) is 0 Å². The van der Waals surface area contributed by atoms with Crippen molar-refractivity contribution in [3.05, 3.63) is 193 Å². The fraction of sp³-hybridized carbons (Fsp3) is 0.0545. The number of hydrogen-bond donors (Lipinski definition) is 0. The summed E-state index contributed by atoms with van der Waals surface area (Å²) in [6.45, 7) is 4.73. The molecule has 0 N–H and O–H groups in total. The molecular formula is C55H36O. The highest BCUT2D eigenvalue weighted by Gasteiger charge is 2.36. The highest BCUT2D eigenvalue weighted by Crippen LogP contribution is 2.52. The van der Waals surface area contributed by atoms with Crippen LogP contribution in [0.3, 0.4) is 0 Å². The van der Waals surface area contributed by atoms with Crippen LogP contribution < -0.4 is 0 Å². The van der Waals surface area contributed by atoms with Gasteiger partial charge in [-0.25, -0.2) is 0 Å². The van der Waals surface area contributed by atoms with E-state index in [0.29, 0.717) is 0 Å². The van der Waals surface area contributed by atoms with Crippen molar-refractivity contribution < 1.29 is 4.42 Å². The third-order valence-electron chi connectivity index (χ3n) is 12.6. The lowest BCUT2D eigenvalue weighted by Crippen LogP contribution is -2.14. The Bertz CT molecular complexity index is 3370. The molecule has 0 saturated heterocycles. The Labute approximate surface area is 325 Å². The van der Waals surface area contributed by atoms with E-state index in [0.717, 1.165) is 11.2 Å². The van der Waals surface area contributed by atoms with Crippen molar-refractivity contribution in [1.29, 1.82) is 0 Å². The number of rotatable bonds is 3. The first-order valence-corrected chi connectivity index (χ1v) is 19.6. The average molecular weight is 713 g/mol. The fourth-order valence-electron chi connectivity index (χ4n) is 9.90. The van der Waals surface area contributed by atoms with E-state index >= 15 is 0 Å². The Hall–Kier alpha value is -6.96. The number of hydrogen-bond acceptors (Lipinski definition) is 1. The van der Waals surface area contributed by atoms with Crippen LogP contribution in [0.15, 0.2) is 186 Å². The van der Waals surface area contributed by atoms with Crippen molar-refractivity contribution in [2.75, 3.05) is 0 Å². The highest BCUT2D eigenvalue weighted by atomic mass is 16.3. The maximum atomic E-state index is 6.27. The van der Waals surface area contributed by atoms with E-state index in [9.17, 15) is 0 Å². The molecule has 0 fully saturated rings. The van der Waals surface area contributed by atoms with Crippen molar-refractivity contribution >= 4 is 65.0 Å². The molecule has 0 bridgehead atoms. The second-order valence-electron chi connectivity index (χ2n) is 16.0. The average Bonchev–Trinajstić information content (AvgIpc) is 3.73. The Morgan fingerprint density at radius 3 is 1.62 bits per heavy atom. The first-order chi connectivity index (χ1) is 27.5. The van der Waals surface area contributed by atoms with Gasteiger partial charge in [0.25, 0.3) is 0 Å². The van der Waals surface area contributed by atoms with Gasteiger partial charge in [0, 0.05) is 16.2 Å². The third kappa shape index (κ3) is 4.43. The number of benzene rings is 10. The Balaban J connectivity index is 0.980. The van der Waals surface area contributed by atoms with Crippen LogP contribution in [-0.2, 0) is 5.41 Å². The van der Waals surface area contributed by atoms with Gasteiger partial charge in [0.1, 0.15) is 11.2 Å². The number of fused-ring (bicyclic) bond motifs is 11. The molecule has 0 aliphatic heterocycles. The van der Waals surface area contributed by atoms with Crippen LogP contribution in [0.25, 0.3) is 110 Å². The minimum Gasteiger partial charge on any atom is -0.456 e. The molecule has 56 heavy (non-hydrogen) atoms. The van der Waals surface area contributed by atoms with E-state index in [4.69, 9.17) is 4.42 Å². The molecule has 0 atom stereocenters. The van der Waals surface area contributed by atoms with E-state index < -0.39 is 0 Å². The lowest BCUT2D eigenvalue weighted by Gasteiger charge is -2.22. The van der Waals surface area contributed by atoms with Gasteiger partial charge in [0.05, 0.1) is 0 Å². The van der Waals surface area contributed by atoms with E-state index in [2.05, 4.69) is 190 Å². The predicted molar refractivity (Wildman–Crippen MR) is 238 cm³/mol. The number of furan rings is 1. The molecule has 1 aromatic heterocycles. The molecule has 1 aliphatic carbocycles. The summed E-state index contributed by atoms with van der Waals surface area (Å²) in [5.74, 6) is 0. The van der Waals surface area contributed by atoms with Crippen molar-refractivity contribution in [1.82, 2.24) is 0 Å². The topological polar surface area (TPSA) is 13.1 Å². The second-order valence-corrected chi connectivity index (χ2v) is 16.0. The lowest BCUT2D eigenvalue weighted by atomic mass is 9.81. The summed E-state index contributed by atoms with van der Waals surface area (Å²) in [5.41, 5.74) is 14.7. The molecule has 1 aliphatic rings. The lowest BCUT2D eigenvalue weighted by molar-refractivity contribution is 0.661. The quantitative estimate of drug-likeness (QED) is 0.166. The van der Waals surface area contributed by atoms with Gasteiger partial charge in [-0.05, 0) is 135 Å².